The van der Waals surface area contributed by atoms with E-state index in [1.165, 1.54) is 0 Å². The van der Waals surface area contributed by atoms with Crippen molar-refractivity contribution in [2.45, 2.75) is 13.0 Å². The second kappa shape index (κ2) is 4.31. The van der Waals surface area contributed by atoms with E-state index in [1.807, 2.05) is 30.3 Å². The standard InChI is InChI=1S/C9H8INO/c1-7(6-11)12-9-4-2-3-8(10)5-9/h2-5,7H,1H3. The number of nitrogens with zero attached hydrogens (tertiary/aromatic N) is 1. The van der Waals surface area contributed by atoms with Crippen LogP contribution in [-0.4, -0.2) is 6.10 Å². The molecule has 0 N–H and O–H groups in total. The summed E-state index contributed by atoms with van der Waals surface area (Å²) < 4.78 is 6.39. The van der Waals surface area contributed by atoms with E-state index < -0.39 is 0 Å². The van der Waals surface area contributed by atoms with Gasteiger partial charge in [0.25, 0.3) is 0 Å². The van der Waals surface area contributed by atoms with Gasteiger partial charge in [-0.05, 0) is 47.7 Å². The average molecular weight is 273 g/mol. The molecule has 12 heavy (non-hydrogen) atoms. The van der Waals surface area contributed by atoms with E-state index in [-0.39, 0.29) is 6.10 Å². The van der Waals surface area contributed by atoms with Gasteiger partial charge in [-0.15, -0.1) is 0 Å². The molecule has 0 bridgehead atoms. The molecule has 0 amide bonds. The van der Waals surface area contributed by atoms with Gasteiger partial charge in [0.05, 0.1) is 0 Å². The largest absolute Gasteiger partial charge is 0.476 e. The molecular formula is C9H8INO. The summed E-state index contributed by atoms with van der Waals surface area (Å²) in [6, 6.07) is 9.63. The molecule has 0 aliphatic carbocycles. The minimum atomic E-state index is -0.386. The van der Waals surface area contributed by atoms with Crippen LogP contribution in [0.1, 0.15) is 6.92 Å². The summed E-state index contributed by atoms with van der Waals surface area (Å²) in [5.74, 6) is 0.746. The second-order valence-electron chi connectivity index (χ2n) is 2.35. The van der Waals surface area contributed by atoms with Crippen LogP contribution < -0.4 is 4.74 Å². The molecule has 0 aliphatic rings. The van der Waals surface area contributed by atoms with E-state index in [9.17, 15) is 0 Å². The van der Waals surface area contributed by atoms with E-state index in [0.29, 0.717) is 0 Å². The van der Waals surface area contributed by atoms with Crippen LogP contribution in [-0.2, 0) is 0 Å². The van der Waals surface area contributed by atoms with Gasteiger partial charge in [0.15, 0.2) is 6.10 Å². The van der Waals surface area contributed by atoms with Crippen molar-refractivity contribution < 1.29 is 4.74 Å². The highest BCUT2D eigenvalue weighted by atomic mass is 127. The maximum Gasteiger partial charge on any atom is 0.181 e. The van der Waals surface area contributed by atoms with Crippen LogP contribution in [0.25, 0.3) is 0 Å². The first-order chi connectivity index (χ1) is 5.72. The molecule has 0 fully saturated rings. The summed E-state index contributed by atoms with van der Waals surface area (Å²) in [6.45, 7) is 1.72. The number of hydrogen-bond donors (Lipinski definition) is 0. The van der Waals surface area contributed by atoms with Crippen LogP contribution in [0, 0.1) is 14.9 Å². The third kappa shape index (κ3) is 2.70. The Hall–Kier alpha value is -0.760. The second-order valence-corrected chi connectivity index (χ2v) is 3.59. The lowest BCUT2D eigenvalue weighted by atomic mass is 10.3. The van der Waals surface area contributed by atoms with Gasteiger partial charge in [-0.1, -0.05) is 6.07 Å². The molecule has 0 radical (unpaired) electrons. The van der Waals surface area contributed by atoms with Gasteiger partial charge in [0.1, 0.15) is 11.8 Å². The third-order valence-corrected chi connectivity index (χ3v) is 1.96. The predicted molar refractivity (Wildman–Crippen MR) is 54.9 cm³/mol. The Morgan fingerprint density at radius 2 is 2.33 bits per heavy atom. The summed E-state index contributed by atoms with van der Waals surface area (Å²) in [7, 11) is 0. The van der Waals surface area contributed by atoms with Gasteiger partial charge in [-0.3, -0.25) is 0 Å². The van der Waals surface area contributed by atoms with E-state index in [4.69, 9.17) is 10.00 Å². The molecule has 0 heterocycles. The summed E-state index contributed by atoms with van der Waals surface area (Å²) in [4.78, 5) is 0. The smallest absolute Gasteiger partial charge is 0.181 e. The van der Waals surface area contributed by atoms with E-state index in [1.54, 1.807) is 6.92 Å². The van der Waals surface area contributed by atoms with Crippen molar-refractivity contribution in [2.75, 3.05) is 0 Å². The van der Waals surface area contributed by atoms with Crippen molar-refractivity contribution in [2.24, 2.45) is 0 Å². The SMILES string of the molecule is CC(C#N)Oc1cccc(I)c1. The van der Waals surface area contributed by atoms with Crippen LogP contribution >= 0.6 is 22.6 Å². The molecule has 0 aliphatic heterocycles. The monoisotopic (exact) mass is 273 g/mol. The number of nitriles is 1. The van der Waals surface area contributed by atoms with E-state index in [0.717, 1.165) is 9.32 Å². The number of halogens is 1. The van der Waals surface area contributed by atoms with E-state index >= 15 is 0 Å². The molecule has 1 atom stereocenters. The Labute approximate surface area is 85.3 Å². The van der Waals surface area contributed by atoms with Gasteiger partial charge < -0.3 is 4.74 Å². The minimum absolute atomic E-state index is 0.386. The van der Waals surface area contributed by atoms with Crippen molar-refractivity contribution in [3.8, 4) is 11.8 Å². The fraction of sp³-hybridized carbons (Fsp3) is 0.222. The Morgan fingerprint density at radius 3 is 2.92 bits per heavy atom. The summed E-state index contributed by atoms with van der Waals surface area (Å²) in [6.07, 6.45) is -0.386. The molecule has 2 nitrogen and oxygen atoms in total. The normalized spacial score (nSPS) is 11.8. The summed E-state index contributed by atoms with van der Waals surface area (Å²) in [5.41, 5.74) is 0. The zero-order valence-corrected chi connectivity index (χ0v) is 8.78. The van der Waals surface area contributed by atoms with Crippen LogP contribution in [0.2, 0.25) is 0 Å². The number of rotatable bonds is 2. The highest BCUT2D eigenvalue weighted by Gasteiger charge is 2.00. The molecule has 1 unspecified atom stereocenters. The van der Waals surface area contributed by atoms with Crippen LogP contribution in [0.4, 0.5) is 0 Å². The molecule has 1 rings (SSSR count). The van der Waals surface area contributed by atoms with Crippen molar-refractivity contribution in [3.63, 3.8) is 0 Å². The molecule has 62 valence electrons. The van der Waals surface area contributed by atoms with Crippen LogP contribution in [0.5, 0.6) is 5.75 Å². The Bertz CT molecular complexity index is 306. The molecule has 0 aromatic heterocycles. The van der Waals surface area contributed by atoms with Crippen molar-refractivity contribution in [1.29, 1.82) is 5.26 Å². The molecule has 0 saturated heterocycles. The fourth-order valence-electron chi connectivity index (χ4n) is 0.771. The molecule has 0 spiro atoms. The Balaban J connectivity index is 2.71. The predicted octanol–water partition coefficient (Wildman–Crippen LogP) is 2.58. The van der Waals surface area contributed by atoms with Gasteiger partial charge in [0, 0.05) is 3.57 Å². The number of hydrogen-bond acceptors (Lipinski definition) is 2. The van der Waals surface area contributed by atoms with Gasteiger partial charge in [-0.25, -0.2) is 0 Å². The summed E-state index contributed by atoms with van der Waals surface area (Å²) in [5, 5.41) is 8.49. The molecular weight excluding hydrogens is 265 g/mol. The average Bonchev–Trinajstić information content (AvgIpc) is 2.04. The highest BCUT2D eigenvalue weighted by Crippen LogP contribution is 2.15. The minimum Gasteiger partial charge on any atom is -0.476 e. The zero-order chi connectivity index (χ0) is 8.97. The first-order valence-corrected chi connectivity index (χ1v) is 4.62. The molecule has 1 aromatic carbocycles. The molecule has 1 aromatic rings. The van der Waals surface area contributed by atoms with Crippen molar-refractivity contribution in [3.05, 3.63) is 27.8 Å². The van der Waals surface area contributed by atoms with Crippen molar-refractivity contribution >= 4 is 22.6 Å². The van der Waals surface area contributed by atoms with Gasteiger partial charge in [0.2, 0.25) is 0 Å². The highest BCUT2D eigenvalue weighted by molar-refractivity contribution is 14.1. The topological polar surface area (TPSA) is 33.0 Å². The van der Waals surface area contributed by atoms with Gasteiger partial charge >= 0.3 is 0 Å². The van der Waals surface area contributed by atoms with Crippen LogP contribution in [0.3, 0.4) is 0 Å². The quantitative estimate of drug-likeness (QED) is 0.776. The molecule has 3 heteroatoms. The molecule has 0 saturated carbocycles. The lowest BCUT2D eigenvalue weighted by Crippen LogP contribution is -2.07. The number of ether oxygens (including phenoxy) is 1. The lowest BCUT2D eigenvalue weighted by molar-refractivity contribution is 0.276. The number of benzene rings is 1. The first-order valence-electron chi connectivity index (χ1n) is 3.54. The zero-order valence-electron chi connectivity index (χ0n) is 6.62. The van der Waals surface area contributed by atoms with Crippen LogP contribution in [0.15, 0.2) is 24.3 Å². The van der Waals surface area contributed by atoms with E-state index in [2.05, 4.69) is 22.6 Å². The Morgan fingerprint density at radius 1 is 1.58 bits per heavy atom. The van der Waals surface area contributed by atoms with Crippen molar-refractivity contribution in [1.82, 2.24) is 0 Å². The summed E-state index contributed by atoms with van der Waals surface area (Å²) >= 11 is 2.20. The lowest BCUT2D eigenvalue weighted by Gasteiger charge is -2.06. The van der Waals surface area contributed by atoms with Gasteiger partial charge in [-0.2, -0.15) is 5.26 Å². The maximum absolute atomic E-state index is 8.49. The maximum atomic E-state index is 8.49. The first kappa shape index (κ1) is 9.33. The third-order valence-electron chi connectivity index (χ3n) is 1.29. The fourth-order valence-corrected chi connectivity index (χ4v) is 1.29. The Kier molecular flexibility index (Phi) is 3.35.